The summed E-state index contributed by atoms with van der Waals surface area (Å²) in [5, 5.41) is 9.78. The van der Waals surface area contributed by atoms with Crippen LogP contribution in [0.3, 0.4) is 0 Å². The van der Waals surface area contributed by atoms with Crippen LogP contribution in [-0.4, -0.2) is 81.6 Å². The molecule has 3 atom stereocenters. The van der Waals surface area contributed by atoms with Crippen LogP contribution in [0.1, 0.15) is 25.0 Å². The van der Waals surface area contributed by atoms with Gasteiger partial charge in [0.25, 0.3) is 0 Å². The van der Waals surface area contributed by atoms with Crippen molar-refractivity contribution in [1.82, 2.24) is 9.21 Å². The fraction of sp³-hybridized carbons (Fsp3) is 0.500. The highest BCUT2D eigenvalue weighted by atomic mass is 32.2. The molecule has 0 bridgehead atoms. The first-order valence-corrected chi connectivity index (χ1v) is 13.3. The maximum atomic E-state index is 13.2. The van der Waals surface area contributed by atoms with Gasteiger partial charge in [-0.2, -0.15) is 4.31 Å². The average Bonchev–Trinajstić information content (AvgIpc) is 2.86. The van der Waals surface area contributed by atoms with E-state index in [2.05, 4.69) is 0 Å². The molecule has 0 radical (unpaired) electrons. The molecule has 9 heteroatoms. The Hall–Kier alpha value is -2.62. The number of aliphatic hydroxyl groups is 1. The number of aliphatic hydroxyl groups excluding tert-OH is 1. The number of nitrogens with zero attached hydrogens (tertiary/aromatic N) is 3. The molecular formula is C26H37N3O5S. The normalized spacial score (nSPS) is 19.9. The number of carbonyl (C=O) groups is 1. The lowest BCUT2D eigenvalue weighted by Crippen LogP contribution is -2.48. The average molecular weight is 504 g/mol. The molecule has 2 aromatic rings. The molecular weight excluding hydrogens is 466 g/mol. The van der Waals surface area contributed by atoms with E-state index in [-0.39, 0.29) is 42.3 Å². The van der Waals surface area contributed by atoms with Gasteiger partial charge in [-0.25, -0.2) is 8.42 Å². The van der Waals surface area contributed by atoms with E-state index in [1.54, 1.807) is 36.2 Å². The maximum Gasteiger partial charge on any atom is 0.242 e. The second-order valence-electron chi connectivity index (χ2n) is 9.67. The van der Waals surface area contributed by atoms with Gasteiger partial charge in [0.05, 0.1) is 30.5 Å². The van der Waals surface area contributed by atoms with Crippen LogP contribution in [0, 0.1) is 12.8 Å². The second-order valence-corrected chi connectivity index (χ2v) is 11.7. The van der Waals surface area contributed by atoms with E-state index in [1.807, 2.05) is 58.0 Å². The number of benzene rings is 2. The summed E-state index contributed by atoms with van der Waals surface area (Å²) in [5.74, 6) is 0.281. The lowest BCUT2D eigenvalue weighted by Gasteiger charge is -2.33. The van der Waals surface area contributed by atoms with Gasteiger partial charge in [0.2, 0.25) is 15.9 Å². The Morgan fingerprint density at radius 1 is 1.14 bits per heavy atom. The topological polar surface area (TPSA) is 90.4 Å². The minimum atomic E-state index is -3.72. The van der Waals surface area contributed by atoms with Crippen LogP contribution in [0.15, 0.2) is 47.4 Å². The van der Waals surface area contributed by atoms with Gasteiger partial charge in [-0.3, -0.25) is 4.79 Å². The zero-order chi connectivity index (χ0) is 25.9. The number of carbonyl (C=O) groups excluding carboxylic acids is 1. The molecule has 8 nitrogen and oxygen atoms in total. The molecule has 2 aromatic carbocycles. The zero-order valence-corrected chi connectivity index (χ0v) is 22.2. The van der Waals surface area contributed by atoms with Crippen molar-refractivity contribution < 1.29 is 23.1 Å². The Labute approximate surface area is 209 Å². The molecule has 1 aliphatic heterocycles. The van der Waals surface area contributed by atoms with Gasteiger partial charge >= 0.3 is 0 Å². The molecule has 192 valence electrons. The summed E-state index contributed by atoms with van der Waals surface area (Å²) in [6, 6.07) is 12.1. The molecule has 3 rings (SSSR count). The van der Waals surface area contributed by atoms with E-state index in [1.165, 1.54) is 4.31 Å². The SMILES string of the molecule is Cc1ccc(S(=O)(=O)N(C)C[C@@H]2Oc3ccc(N(C)C)cc3CC(=O)N([C@@H](C)CO)C[C@H]2C)cc1. The molecule has 1 heterocycles. The molecule has 0 aromatic heterocycles. The molecule has 0 unspecified atom stereocenters. The number of likely N-dealkylation sites (N-methyl/N-ethyl adjacent to an activating group) is 1. The Bertz CT molecular complexity index is 1130. The van der Waals surface area contributed by atoms with Gasteiger partial charge in [-0.1, -0.05) is 24.6 Å². The number of ether oxygens (including phenoxy) is 1. The summed E-state index contributed by atoms with van der Waals surface area (Å²) >= 11 is 0. The molecule has 0 saturated heterocycles. The molecule has 1 amide bonds. The van der Waals surface area contributed by atoms with E-state index in [0.29, 0.717) is 12.3 Å². The van der Waals surface area contributed by atoms with E-state index in [0.717, 1.165) is 16.8 Å². The number of amides is 1. The number of sulfonamides is 1. The molecule has 35 heavy (non-hydrogen) atoms. The van der Waals surface area contributed by atoms with E-state index >= 15 is 0 Å². The minimum absolute atomic E-state index is 0.0968. The highest BCUT2D eigenvalue weighted by Gasteiger charge is 2.33. The predicted octanol–water partition coefficient (Wildman–Crippen LogP) is 2.53. The van der Waals surface area contributed by atoms with Crippen molar-refractivity contribution in [2.24, 2.45) is 5.92 Å². The third-order valence-electron chi connectivity index (χ3n) is 6.58. The van der Waals surface area contributed by atoms with Crippen LogP contribution < -0.4 is 9.64 Å². The molecule has 0 saturated carbocycles. The van der Waals surface area contributed by atoms with Crippen LogP contribution in [0.25, 0.3) is 0 Å². The van der Waals surface area contributed by atoms with Gasteiger partial charge < -0.3 is 19.6 Å². The van der Waals surface area contributed by atoms with Gasteiger partial charge in [0.15, 0.2) is 0 Å². The lowest BCUT2D eigenvalue weighted by molar-refractivity contribution is -0.134. The van der Waals surface area contributed by atoms with E-state index < -0.39 is 16.1 Å². The summed E-state index contributed by atoms with van der Waals surface area (Å²) in [7, 11) is 1.68. The highest BCUT2D eigenvalue weighted by Crippen LogP contribution is 2.30. The first kappa shape index (κ1) is 27.0. The highest BCUT2D eigenvalue weighted by molar-refractivity contribution is 7.89. The number of anilines is 1. The monoisotopic (exact) mass is 503 g/mol. The smallest absolute Gasteiger partial charge is 0.242 e. The fourth-order valence-electron chi connectivity index (χ4n) is 4.15. The predicted molar refractivity (Wildman–Crippen MR) is 137 cm³/mol. The molecule has 1 N–H and O–H groups in total. The van der Waals surface area contributed by atoms with Crippen LogP contribution in [0.5, 0.6) is 5.75 Å². The van der Waals surface area contributed by atoms with Crippen LogP contribution in [-0.2, 0) is 21.2 Å². The van der Waals surface area contributed by atoms with Crippen molar-refractivity contribution >= 4 is 21.6 Å². The Balaban J connectivity index is 1.97. The van der Waals surface area contributed by atoms with Crippen molar-refractivity contribution in [2.75, 3.05) is 45.7 Å². The van der Waals surface area contributed by atoms with Crippen molar-refractivity contribution in [3.05, 3.63) is 53.6 Å². The maximum absolute atomic E-state index is 13.2. The third kappa shape index (κ3) is 6.15. The summed E-state index contributed by atoms with van der Waals surface area (Å²) in [4.78, 5) is 17.1. The second kappa shape index (κ2) is 11.0. The Morgan fingerprint density at radius 3 is 2.40 bits per heavy atom. The van der Waals surface area contributed by atoms with Crippen molar-refractivity contribution in [1.29, 1.82) is 0 Å². The zero-order valence-electron chi connectivity index (χ0n) is 21.4. The van der Waals surface area contributed by atoms with Crippen LogP contribution in [0.2, 0.25) is 0 Å². The minimum Gasteiger partial charge on any atom is -0.488 e. The number of hydrogen-bond donors (Lipinski definition) is 1. The lowest BCUT2D eigenvalue weighted by atomic mass is 10.0. The summed E-state index contributed by atoms with van der Waals surface area (Å²) in [6.07, 6.45) is -0.373. The summed E-state index contributed by atoms with van der Waals surface area (Å²) in [6.45, 7) is 5.97. The van der Waals surface area contributed by atoms with Gasteiger partial charge in [0.1, 0.15) is 11.9 Å². The first-order chi connectivity index (χ1) is 16.4. The largest absolute Gasteiger partial charge is 0.488 e. The summed E-state index contributed by atoms with van der Waals surface area (Å²) in [5.41, 5.74) is 2.65. The number of rotatable bonds is 7. The van der Waals surface area contributed by atoms with Crippen LogP contribution in [0.4, 0.5) is 5.69 Å². The number of fused-ring (bicyclic) bond motifs is 1. The van der Waals surface area contributed by atoms with E-state index in [9.17, 15) is 18.3 Å². The van der Waals surface area contributed by atoms with Gasteiger partial charge in [-0.05, 0) is 44.2 Å². The van der Waals surface area contributed by atoms with Gasteiger partial charge in [0, 0.05) is 44.9 Å². The summed E-state index contributed by atoms with van der Waals surface area (Å²) < 4.78 is 34.2. The standard InChI is InChI=1S/C26H37N3O5S/c1-18-7-10-23(11-8-18)35(32,33)28(6)16-25-19(2)15-29(20(3)17-30)26(31)14-21-13-22(27(4)5)9-12-24(21)34-25/h7-13,19-20,25,30H,14-17H2,1-6H3/t19-,20+,25+/m1/s1. The third-order valence-corrected chi connectivity index (χ3v) is 8.42. The Morgan fingerprint density at radius 2 is 1.80 bits per heavy atom. The number of aryl methyl sites for hydroxylation is 1. The van der Waals surface area contributed by atoms with E-state index in [4.69, 9.17) is 4.74 Å². The molecule has 0 fully saturated rings. The quantitative estimate of drug-likeness (QED) is 0.625. The van der Waals surface area contributed by atoms with Crippen LogP contribution >= 0.6 is 0 Å². The molecule has 0 spiro atoms. The first-order valence-electron chi connectivity index (χ1n) is 11.8. The van der Waals surface area contributed by atoms with Gasteiger partial charge in [-0.15, -0.1) is 0 Å². The fourth-order valence-corrected chi connectivity index (χ4v) is 5.34. The molecule has 0 aliphatic carbocycles. The Kier molecular flexibility index (Phi) is 8.46. The van der Waals surface area contributed by atoms with Crippen molar-refractivity contribution in [3.8, 4) is 5.75 Å². The van der Waals surface area contributed by atoms with Crippen molar-refractivity contribution in [3.63, 3.8) is 0 Å². The number of hydrogen-bond acceptors (Lipinski definition) is 6. The molecule has 1 aliphatic rings. The van der Waals surface area contributed by atoms with Crippen molar-refractivity contribution in [2.45, 2.75) is 44.2 Å².